The third-order valence-corrected chi connectivity index (χ3v) is 7.17. The Kier molecular flexibility index (Phi) is 8.45. The van der Waals surface area contributed by atoms with Crippen LogP contribution in [-0.2, 0) is 10.5 Å². The number of hydrogen-bond donors (Lipinski definition) is 0. The number of pyridine rings is 1. The first-order chi connectivity index (χ1) is 19.4. The number of hydroxylamine groups is 2. The van der Waals surface area contributed by atoms with Crippen molar-refractivity contribution in [1.82, 2.24) is 24.7 Å². The molecule has 0 spiro atoms. The second kappa shape index (κ2) is 11.2. The van der Waals surface area contributed by atoms with Crippen LogP contribution in [0.1, 0.15) is 28.8 Å². The van der Waals surface area contributed by atoms with E-state index < -0.39 is 45.6 Å². The Morgan fingerprint density at radius 3 is 2.02 bits per heavy atom. The van der Waals surface area contributed by atoms with Crippen molar-refractivity contribution in [3.05, 3.63) is 63.1 Å². The summed E-state index contributed by atoms with van der Waals surface area (Å²) in [6.45, 7) is 0. The normalized spacial score (nSPS) is 14.2. The van der Waals surface area contributed by atoms with Crippen molar-refractivity contribution < 1.29 is 45.2 Å². The standard InChI is InChI=1S/C24H17Cl3F7N5O3/c1-37(42-2)21(41)39(14-3-4-14)20(40)15-5-11(8-35-19(15)27)12-9-36-38(10-12)18-16(25)6-13(7-17(18)26)22(28,23(29,30)31)24(32,33)34/h5-10,14H,3-4H2,1-2H3. The molecule has 18 heteroatoms. The van der Waals surface area contributed by atoms with Crippen LogP contribution in [0, 0.1) is 0 Å². The summed E-state index contributed by atoms with van der Waals surface area (Å²) < 4.78 is 94.8. The lowest BCUT2D eigenvalue weighted by Crippen LogP contribution is -2.50. The summed E-state index contributed by atoms with van der Waals surface area (Å²) >= 11 is 18.1. The molecule has 2 heterocycles. The third-order valence-electron chi connectivity index (χ3n) is 6.29. The van der Waals surface area contributed by atoms with Crippen LogP contribution in [0.15, 0.2) is 36.8 Å². The number of amides is 3. The predicted octanol–water partition coefficient (Wildman–Crippen LogP) is 7.40. The van der Waals surface area contributed by atoms with E-state index in [0.717, 1.165) is 14.6 Å². The van der Waals surface area contributed by atoms with Crippen LogP contribution in [0.2, 0.25) is 15.2 Å². The topological polar surface area (TPSA) is 80.6 Å². The maximum absolute atomic E-state index is 14.5. The minimum atomic E-state index is -6.37. The first kappa shape index (κ1) is 31.8. The van der Waals surface area contributed by atoms with E-state index in [2.05, 4.69) is 10.1 Å². The molecule has 1 aliphatic rings. The van der Waals surface area contributed by atoms with Crippen molar-refractivity contribution in [2.45, 2.75) is 36.9 Å². The molecule has 2 aromatic heterocycles. The van der Waals surface area contributed by atoms with Gasteiger partial charge in [-0.25, -0.2) is 23.9 Å². The Morgan fingerprint density at radius 1 is 0.952 bits per heavy atom. The lowest BCUT2D eigenvalue weighted by molar-refractivity contribution is -0.348. The lowest BCUT2D eigenvalue weighted by atomic mass is 9.94. The van der Waals surface area contributed by atoms with Gasteiger partial charge in [-0.2, -0.15) is 31.4 Å². The van der Waals surface area contributed by atoms with Crippen molar-refractivity contribution in [3.8, 4) is 16.8 Å². The number of imide groups is 1. The minimum absolute atomic E-state index is 0.148. The van der Waals surface area contributed by atoms with Gasteiger partial charge in [-0.1, -0.05) is 34.8 Å². The number of urea groups is 1. The number of nitrogens with zero attached hydrogens (tertiary/aromatic N) is 5. The first-order valence-corrected chi connectivity index (χ1v) is 12.7. The van der Waals surface area contributed by atoms with E-state index in [4.69, 9.17) is 39.6 Å². The molecule has 0 atom stereocenters. The van der Waals surface area contributed by atoms with Gasteiger partial charge in [0.2, 0.25) is 0 Å². The zero-order chi connectivity index (χ0) is 31.4. The van der Waals surface area contributed by atoms with E-state index in [1.165, 1.54) is 38.8 Å². The summed E-state index contributed by atoms with van der Waals surface area (Å²) in [5.41, 5.74) is -7.65. The van der Waals surface area contributed by atoms with Gasteiger partial charge in [0, 0.05) is 42.2 Å². The number of aromatic nitrogens is 3. The number of rotatable bonds is 6. The van der Waals surface area contributed by atoms with Gasteiger partial charge in [0.05, 0.1) is 28.9 Å². The van der Waals surface area contributed by atoms with Gasteiger partial charge < -0.3 is 0 Å². The van der Waals surface area contributed by atoms with E-state index in [0.29, 0.717) is 12.8 Å². The average Bonchev–Trinajstić information content (AvgIpc) is 3.61. The molecule has 1 aromatic carbocycles. The highest BCUT2D eigenvalue weighted by Crippen LogP contribution is 2.54. The van der Waals surface area contributed by atoms with Crippen molar-refractivity contribution in [3.63, 3.8) is 0 Å². The zero-order valence-corrected chi connectivity index (χ0v) is 23.5. The highest BCUT2D eigenvalue weighted by Gasteiger charge is 2.73. The van der Waals surface area contributed by atoms with Gasteiger partial charge in [0.25, 0.3) is 5.91 Å². The molecule has 0 N–H and O–H groups in total. The molecule has 0 radical (unpaired) electrons. The molecule has 1 aliphatic carbocycles. The van der Waals surface area contributed by atoms with Gasteiger partial charge in [-0.05, 0) is 31.0 Å². The summed E-state index contributed by atoms with van der Waals surface area (Å²) in [5, 5.41) is 3.08. The highest BCUT2D eigenvalue weighted by atomic mass is 35.5. The summed E-state index contributed by atoms with van der Waals surface area (Å²) in [6, 6.07) is 0.513. The lowest BCUT2D eigenvalue weighted by Gasteiger charge is -2.30. The smallest absolute Gasteiger partial charge is 0.273 e. The number of alkyl halides is 7. The quantitative estimate of drug-likeness (QED) is 0.156. The van der Waals surface area contributed by atoms with Crippen LogP contribution >= 0.6 is 34.8 Å². The molecule has 226 valence electrons. The molecule has 0 saturated heterocycles. The minimum Gasteiger partial charge on any atom is -0.273 e. The summed E-state index contributed by atoms with van der Waals surface area (Å²) in [7, 11) is 2.56. The van der Waals surface area contributed by atoms with E-state index in [-0.39, 0.29) is 45.7 Å². The Bertz CT molecular complexity index is 1510. The molecular formula is C24H17Cl3F7N5O3. The average molecular weight is 663 g/mol. The fourth-order valence-corrected chi connectivity index (χ4v) is 4.77. The number of carbonyl (C=O) groups excluding carboxylic acids is 2. The molecule has 0 unspecified atom stereocenters. The molecule has 3 aromatic rings. The van der Waals surface area contributed by atoms with Gasteiger partial charge in [-0.15, -0.1) is 0 Å². The first-order valence-electron chi connectivity index (χ1n) is 11.6. The van der Waals surface area contributed by atoms with Crippen LogP contribution in [0.5, 0.6) is 0 Å². The van der Waals surface area contributed by atoms with E-state index in [9.17, 15) is 40.3 Å². The van der Waals surface area contributed by atoms with E-state index in [1.54, 1.807) is 0 Å². The van der Waals surface area contributed by atoms with Gasteiger partial charge in [-0.3, -0.25) is 14.5 Å². The van der Waals surface area contributed by atoms with Crippen molar-refractivity contribution in [2.24, 2.45) is 0 Å². The van der Waals surface area contributed by atoms with Crippen LogP contribution in [-0.4, -0.2) is 69.2 Å². The van der Waals surface area contributed by atoms with Crippen LogP contribution in [0.4, 0.5) is 35.5 Å². The van der Waals surface area contributed by atoms with Gasteiger partial charge in [0.1, 0.15) is 10.8 Å². The Balaban J connectivity index is 1.71. The largest absolute Gasteiger partial charge is 0.435 e. The van der Waals surface area contributed by atoms with Crippen LogP contribution in [0.3, 0.4) is 0 Å². The summed E-state index contributed by atoms with van der Waals surface area (Å²) in [6.07, 6.45) is -7.91. The van der Waals surface area contributed by atoms with Crippen LogP contribution < -0.4 is 0 Å². The van der Waals surface area contributed by atoms with Crippen molar-refractivity contribution in [2.75, 3.05) is 14.2 Å². The molecular weight excluding hydrogens is 646 g/mol. The number of halogens is 10. The van der Waals surface area contributed by atoms with E-state index in [1.807, 2.05) is 0 Å². The summed E-state index contributed by atoms with van der Waals surface area (Å²) in [4.78, 5) is 35.9. The Hall–Kier alpha value is -3.14. The van der Waals surface area contributed by atoms with Gasteiger partial charge >= 0.3 is 24.1 Å². The number of benzene rings is 1. The molecule has 3 amide bonds. The molecule has 8 nitrogen and oxygen atoms in total. The molecule has 1 saturated carbocycles. The Labute approximate surface area is 247 Å². The number of hydrogen-bond acceptors (Lipinski definition) is 5. The second-order valence-electron chi connectivity index (χ2n) is 9.05. The van der Waals surface area contributed by atoms with Crippen LogP contribution in [0.25, 0.3) is 16.8 Å². The maximum Gasteiger partial charge on any atom is 0.435 e. The number of carbonyl (C=O) groups is 2. The summed E-state index contributed by atoms with van der Waals surface area (Å²) in [5.74, 6) is -0.760. The van der Waals surface area contributed by atoms with Gasteiger partial charge in [0.15, 0.2) is 0 Å². The molecule has 0 bridgehead atoms. The molecule has 4 rings (SSSR count). The fraction of sp³-hybridized carbons (Fsp3) is 0.333. The van der Waals surface area contributed by atoms with Crippen molar-refractivity contribution >= 4 is 46.7 Å². The molecule has 1 fully saturated rings. The fourth-order valence-electron chi connectivity index (χ4n) is 3.92. The monoisotopic (exact) mass is 661 g/mol. The maximum atomic E-state index is 14.5. The Morgan fingerprint density at radius 2 is 1.52 bits per heavy atom. The highest BCUT2D eigenvalue weighted by molar-refractivity contribution is 6.38. The SMILES string of the molecule is CON(C)C(=O)N(C(=O)c1cc(-c2cnn(-c3c(Cl)cc(C(F)(C(F)(F)F)C(F)(F)F)cc3Cl)c2)cnc1Cl)C1CC1. The molecule has 42 heavy (non-hydrogen) atoms. The van der Waals surface area contributed by atoms with Crippen molar-refractivity contribution in [1.29, 1.82) is 0 Å². The molecule has 0 aliphatic heterocycles. The van der Waals surface area contributed by atoms with E-state index >= 15 is 0 Å². The zero-order valence-electron chi connectivity index (χ0n) is 21.2. The second-order valence-corrected chi connectivity index (χ2v) is 10.2. The predicted molar refractivity (Wildman–Crippen MR) is 136 cm³/mol. The third kappa shape index (κ3) is 5.62.